The normalized spacial score (nSPS) is 14.2. The lowest BCUT2D eigenvalue weighted by Gasteiger charge is -2.20. The largest absolute Gasteiger partial charge is 0.338 e. The Morgan fingerprint density at radius 2 is 1.74 bits per heavy atom. The first-order valence-electron chi connectivity index (χ1n) is 13.2. The van der Waals surface area contributed by atoms with Gasteiger partial charge in [-0.05, 0) is 49.2 Å². The number of hydrogen-bond acceptors (Lipinski definition) is 6. The standard InChI is InChI=1S/C30H26N8O/c39-30(18-6-2-1-3-7-18)35-21-12-19(15-31-17-21)20-13-24-27(37-38-29(24)34-16-20)26-14-23-22(9-11-33-28(23)36-26)25-8-4-5-10-32-25/h4-5,8-18H,1-3,6-7H2,(H,33,36)(H,35,39)(H,34,37,38). The van der Waals surface area contributed by atoms with Crippen LogP contribution in [-0.2, 0) is 4.79 Å². The molecule has 1 saturated carbocycles. The molecule has 1 aliphatic carbocycles. The van der Waals surface area contributed by atoms with Gasteiger partial charge in [-0.2, -0.15) is 5.10 Å². The monoisotopic (exact) mass is 514 g/mol. The molecule has 0 unspecified atom stereocenters. The van der Waals surface area contributed by atoms with Gasteiger partial charge in [0, 0.05) is 58.2 Å². The molecule has 0 atom stereocenters. The molecule has 7 rings (SSSR count). The van der Waals surface area contributed by atoms with Crippen LogP contribution in [0.3, 0.4) is 0 Å². The van der Waals surface area contributed by atoms with E-state index >= 15 is 0 Å². The fourth-order valence-electron chi connectivity index (χ4n) is 5.44. The molecule has 39 heavy (non-hydrogen) atoms. The number of carbonyl (C=O) groups is 1. The van der Waals surface area contributed by atoms with E-state index in [1.165, 1.54) is 6.42 Å². The van der Waals surface area contributed by atoms with Crippen molar-refractivity contribution in [1.29, 1.82) is 0 Å². The number of rotatable bonds is 5. The minimum atomic E-state index is 0.0804. The molecule has 1 fully saturated rings. The van der Waals surface area contributed by atoms with Crippen LogP contribution < -0.4 is 5.32 Å². The summed E-state index contributed by atoms with van der Waals surface area (Å²) in [6, 6.07) is 13.9. The van der Waals surface area contributed by atoms with Crippen molar-refractivity contribution in [3.8, 4) is 33.8 Å². The van der Waals surface area contributed by atoms with Crippen LogP contribution in [0.2, 0.25) is 0 Å². The number of carbonyl (C=O) groups excluding carboxylic acids is 1. The van der Waals surface area contributed by atoms with Gasteiger partial charge < -0.3 is 10.3 Å². The number of pyridine rings is 4. The van der Waals surface area contributed by atoms with Crippen LogP contribution in [-0.4, -0.2) is 41.0 Å². The summed E-state index contributed by atoms with van der Waals surface area (Å²) in [6.45, 7) is 0. The third kappa shape index (κ3) is 4.41. The highest BCUT2D eigenvalue weighted by atomic mass is 16.1. The Bertz CT molecular complexity index is 1800. The molecular formula is C30H26N8O. The maximum absolute atomic E-state index is 12.8. The van der Waals surface area contributed by atoms with E-state index in [1.807, 2.05) is 36.4 Å². The van der Waals surface area contributed by atoms with Crippen LogP contribution in [0.5, 0.6) is 0 Å². The number of nitrogens with zero attached hydrogens (tertiary/aromatic N) is 5. The topological polar surface area (TPSA) is 125 Å². The van der Waals surface area contributed by atoms with Gasteiger partial charge in [-0.15, -0.1) is 0 Å². The second-order valence-corrected chi connectivity index (χ2v) is 10.00. The van der Waals surface area contributed by atoms with Gasteiger partial charge in [-0.1, -0.05) is 25.3 Å². The maximum atomic E-state index is 12.8. The first kappa shape index (κ1) is 23.2. The Balaban J connectivity index is 1.23. The second-order valence-electron chi connectivity index (χ2n) is 10.00. The second kappa shape index (κ2) is 9.75. The summed E-state index contributed by atoms with van der Waals surface area (Å²) < 4.78 is 0. The molecule has 0 bridgehead atoms. The zero-order chi connectivity index (χ0) is 26.2. The van der Waals surface area contributed by atoms with E-state index in [-0.39, 0.29) is 11.8 Å². The van der Waals surface area contributed by atoms with Crippen LogP contribution in [0.25, 0.3) is 55.8 Å². The molecule has 6 aromatic heterocycles. The number of nitrogens with one attached hydrogen (secondary N) is 3. The summed E-state index contributed by atoms with van der Waals surface area (Å²) in [4.78, 5) is 34.2. The van der Waals surface area contributed by atoms with Crippen molar-refractivity contribution in [2.45, 2.75) is 32.1 Å². The number of aromatic amines is 2. The van der Waals surface area contributed by atoms with Crippen LogP contribution in [0.15, 0.2) is 73.4 Å². The van der Waals surface area contributed by atoms with Crippen molar-refractivity contribution in [1.82, 2.24) is 35.1 Å². The van der Waals surface area contributed by atoms with E-state index in [9.17, 15) is 4.79 Å². The van der Waals surface area contributed by atoms with Gasteiger partial charge >= 0.3 is 0 Å². The predicted molar refractivity (Wildman–Crippen MR) is 151 cm³/mol. The molecule has 1 aliphatic rings. The van der Waals surface area contributed by atoms with Crippen molar-refractivity contribution < 1.29 is 4.79 Å². The molecule has 192 valence electrons. The van der Waals surface area contributed by atoms with E-state index in [2.05, 4.69) is 46.5 Å². The molecule has 0 spiro atoms. The Morgan fingerprint density at radius 1 is 0.846 bits per heavy atom. The van der Waals surface area contributed by atoms with E-state index in [0.29, 0.717) is 11.3 Å². The molecule has 6 heterocycles. The number of fused-ring (bicyclic) bond motifs is 2. The Kier molecular flexibility index (Phi) is 5.81. The van der Waals surface area contributed by atoms with Gasteiger partial charge in [0.05, 0.1) is 23.3 Å². The summed E-state index contributed by atoms with van der Waals surface area (Å²) >= 11 is 0. The van der Waals surface area contributed by atoms with Gasteiger partial charge in [0.15, 0.2) is 5.65 Å². The number of aromatic nitrogens is 7. The van der Waals surface area contributed by atoms with Crippen molar-refractivity contribution >= 4 is 33.7 Å². The van der Waals surface area contributed by atoms with Crippen LogP contribution in [0.1, 0.15) is 32.1 Å². The highest BCUT2D eigenvalue weighted by Gasteiger charge is 2.21. The lowest BCUT2D eigenvalue weighted by Crippen LogP contribution is -2.24. The average molecular weight is 515 g/mol. The molecular weight excluding hydrogens is 488 g/mol. The lowest BCUT2D eigenvalue weighted by molar-refractivity contribution is -0.120. The Morgan fingerprint density at radius 3 is 2.62 bits per heavy atom. The van der Waals surface area contributed by atoms with Crippen LogP contribution in [0, 0.1) is 5.92 Å². The molecule has 3 N–H and O–H groups in total. The molecule has 1 amide bonds. The minimum absolute atomic E-state index is 0.0804. The molecule has 0 aromatic carbocycles. The van der Waals surface area contributed by atoms with Gasteiger partial charge in [0.1, 0.15) is 11.3 Å². The third-order valence-electron chi connectivity index (χ3n) is 7.46. The molecule has 0 aliphatic heterocycles. The number of anilines is 1. The van der Waals surface area contributed by atoms with E-state index < -0.39 is 0 Å². The quantitative estimate of drug-likeness (QED) is 0.254. The zero-order valence-corrected chi connectivity index (χ0v) is 21.2. The smallest absolute Gasteiger partial charge is 0.227 e. The SMILES string of the molecule is O=C(Nc1cncc(-c2cnc3[nH]nc(-c4cc5c(-c6ccccn6)ccnc5[nH]4)c3c2)c1)C1CCCCC1. The summed E-state index contributed by atoms with van der Waals surface area (Å²) in [5, 5.41) is 12.5. The molecule has 0 saturated heterocycles. The van der Waals surface area contributed by atoms with Crippen molar-refractivity contribution in [3.05, 3.63) is 73.4 Å². The fraction of sp³-hybridized carbons (Fsp3) is 0.200. The third-order valence-corrected chi connectivity index (χ3v) is 7.46. The van der Waals surface area contributed by atoms with E-state index in [1.54, 1.807) is 31.0 Å². The first-order valence-corrected chi connectivity index (χ1v) is 13.2. The summed E-state index contributed by atoms with van der Waals surface area (Å²) in [7, 11) is 0. The number of H-pyrrole nitrogens is 2. The maximum Gasteiger partial charge on any atom is 0.227 e. The van der Waals surface area contributed by atoms with Crippen molar-refractivity contribution in [3.63, 3.8) is 0 Å². The van der Waals surface area contributed by atoms with Crippen LogP contribution >= 0.6 is 0 Å². The first-order chi connectivity index (χ1) is 19.2. The zero-order valence-electron chi connectivity index (χ0n) is 21.2. The predicted octanol–water partition coefficient (Wildman–Crippen LogP) is 6.14. The highest BCUT2D eigenvalue weighted by molar-refractivity contribution is 5.99. The Hall–Kier alpha value is -4.92. The molecule has 9 nitrogen and oxygen atoms in total. The molecule has 6 aromatic rings. The van der Waals surface area contributed by atoms with E-state index in [0.717, 1.165) is 75.9 Å². The summed E-state index contributed by atoms with van der Waals surface area (Å²) in [5.41, 5.74) is 7.35. The highest BCUT2D eigenvalue weighted by Crippen LogP contribution is 2.34. The Labute approximate surface area is 224 Å². The minimum Gasteiger partial charge on any atom is -0.338 e. The average Bonchev–Trinajstić information content (AvgIpc) is 3.62. The van der Waals surface area contributed by atoms with Gasteiger partial charge in [-0.25, -0.2) is 9.97 Å². The molecule has 0 radical (unpaired) electrons. The molecule has 9 heteroatoms. The number of amides is 1. The lowest BCUT2D eigenvalue weighted by atomic mass is 9.88. The fourth-order valence-corrected chi connectivity index (χ4v) is 5.44. The van der Waals surface area contributed by atoms with Gasteiger partial charge in [0.2, 0.25) is 5.91 Å². The number of hydrogen-bond donors (Lipinski definition) is 3. The van der Waals surface area contributed by atoms with Crippen molar-refractivity contribution in [2.75, 3.05) is 5.32 Å². The summed E-state index contributed by atoms with van der Waals surface area (Å²) in [6.07, 6.45) is 14.2. The van der Waals surface area contributed by atoms with Crippen molar-refractivity contribution in [2.24, 2.45) is 5.92 Å². The van der Waals surface area contributed by atoms with Gasteiger partial charge in [0.25, 0.3) is 0 Å². The van der Waals surface area contributed by atoms with Gasteiger partial charge in [-0.3, -0.25) is 19.9 Å². The van der Waals surface area contributed by atoms with Crippen LogP contribution in [0.4, 0.5) is 5.69 Å². The summed E-state index contributed by atoms with van der Waals surface area (Å²) in [5.74, 6) is 0.162. The van der Waals surface area contributed by atoms with E-state index in [4.69, 9.17) is 0 Å².